The van der Waals surface area contributed by atoms with Crippen molar-refractivity contribution in [2.45, 2.75) is 13.5 Å². The molecule has 0 aliphatic carbocycles. The van der Waals surface area contributed by atoms with Crippen LogP contribution in [0, 0.1) is 6.92 Å². The van der Waals surface area contributed by atoms with Gasteiger partial charge in [0.05, 0.1) is 39.0 Å². The van der Waals surface area contributed by atoms with Crippen molar-refractivity contribution >= 4 is 5.69 Å². The van der Waals surface area contributed by atoms with E-state index in [-0.39, 0.29) is 0 Å². The van der Waals surface area contributed by atoms with Crippen LogP contribution in [0.2, 0.25) is 0 Å². The second kappa shape index (κ2) is 6.84. The van der Waals surface area contributed by atoms with Gasteiger partial charge in [-0.2, -0.15) is 0 Å². The third-order valence-electron chi connectivity index (χ3n) is 4.43. The minimum atomic E-state index is 0.977. The molecule has 1 N–H and O–H groups in total. The predicted molar refractivity (Wildman–Crippen MR) is 90.8 cm³/mol. The fourth-order valence-corrected chi connectivity index (χ4v) is 3.24. The van der Waals surface area contributed by atoms with Crippen molar-refractivity contribution < 1.29 is 9.64 Å². The van der Waals surface area contributed by atoms with Crippen LogP contribution in [0.25, 0.3) is 0 Å². The molecule has 1 aliphatic rings. The molecule has 1 saturated heterocycles. The van der Waals surface area contributed by atoms with Crippen LogP contribution < -0.4 is 14.5 Å². The Hall–Kier alpha value is -2.00. The van der Waals surface area contributed by atoms with Gasteiger partial charge in [0.2, 0.25) is 0 Å². The average Bonchev–Trinajstić information content (AvgIpc) is 2.56. The summed E-state index contributed by atoms with van der Waals surface area (Å²) in [5.74, 6) is 0.977. The van der Waals surface area contributed by atoms with Crippen LogP contribution in [0.3, 0.4) is 0 Å². The Morgan fingerprint density at radius 1 is 1.05 bits per heavy atom. The highest BCUT2D eigenvalue weighted by atomic mass is 16.5. The molecule has 1 aliphatic heterocycles. The number of hydrogen-bond acceptors (Lipinski definition) is 2. The third-order valence-corrected chi connectivity index (χ3v) is 4.43. The van der Waals surface area contributed by atoms with Gasteiger partial charge >= 0.3 is 0 Å². The van der Waals surface area contributed by atoms with Gasteiger partial charge in [0.1, 0.15) is 12.3 Å². The van der Waals surface area contributed by atoms with Gasteiger partial charge in [0, 0.05) is 5.56 Å². The predicted octanol–water partition coefficient (Wildman–Crippen LogP) is 1.91. The number of rotatable bonds is 4. The molecule has 3 nitrogen and oxygen atoms in total. The lowest BCUT2D eigenvalue weighted by molar-refractivity contribution is -0.914. The maximum Gasteiger partial charge on any atom is 0.142 e. The number of nitrogens with one attached hydrogen (secondary N) is 1. The highest BCUT2D eigenvalue weighted by molar-refractivity contribution is 5.58. The van der Waals surface area contributed by atoms with Gasteiger partial charge in [0.15, 0.2) is 0 Å². The molecule has 116 valence electrons. The Bertz CT molecular complexity index is 618. The van der Waals surface area contributed by atoms with Crippen molar-refractivity contribution in [2.75, 3.05) is 38.2 Å². The number of ether oxygens (including phenoxy) is 1. The molecule has 1 fully saturated rings. The van der Waals surface area contributed by atoms with Crippen LogP contribution in [-0.4, -0.2) is 33.3 Å². The lowest BCUT2D eigenvalue weighted by Gasteiger charge is -2.34. The summed E-state index contributed by atoms with van der Waals surface area (Å²) >= 11 is 0. The summed E-state index contributed by atoms with van der Waals surface area (Å²) in [4.78, 5) is 4.11. The quantitative estimate of drug-likeness (QED) is 0.928. The van der Waals surface area contributed by atoms with Gasteiger partial charge in [-0.1, -0.05) is 42.0 Å². The SMILES string of the molecule is COc1ccccc1N1CC[NH+](Cc2cccc(C)c2)CC1. The molecular formula is C19H25N2O+. The van der Waals surface area contributed by atoms with Gasteiger partial charge < -0.3 is 14.5 Å². The first-order chi connectivity index (χ1) is 10.8. The van der Waals surface area contributed by atoms with Gasteiger partial charge in [-0.05, 0) is 19.1 Å². The molecule has 2 aromatic carbocycles. The van der Waals surface area contributed by atoms with Crippen LogP contribution in [0.4, 0.5) is 5.69 Å². The number of benzene rings is 2. The first-order valence-corrected chi connectivity index (χ1v) is 8.03. The number of piperazine rings is 1. The summed E-state index contributed by atoms with van der Waals surface area (Å²) in [6.07, 6.45) is 0. The topological polar surface area (TPSA) is 16.9 Å². The van der Waals surface area contributed by atoms with E-state index in [0.717, 1.165) is 25.4 Å². The van der Waals surface area contributed by atoms with Crippen LogP contribution in [-0.2, 0) is 6.54 Å². The first-order valence-electron chi connectivity index (χ1n) is 8.03. The summed E-state index contributed by atoms with van der Waals surface area (Å²) in [7, 11) is 1.75. The van der Waals surface area contributed by atoms with Crippen LogP contribution in [0.15, 0.2) is 48.5 Å². The number of hydrogen-bond donors (Lipinski definition) is 1. The highest BCUT2D eigenvalue weighted by Crippen LogP contribution is 2.27. The third kappa shape index (κ3) is 3.42. The molecule has 0 spiro atoms. The van der Waals surface area contributed by atoms with Gasteiger partial charge in [-0.15, -0.1) is 0 Å². The van der Waals surface area contributed by atoms with Crippen molar-refractivity contribution in [1.82, 2.24) is 0 Å². The molecule has 3 rings (SSSR count). The van der Waals surface area contributed by atoms with Gasteiger partial charge in [0.25, 0.3) is 0 Å². The molecule has 0 amide bonds. The van der Waals surface area contributed by atoms with E-state index in [1.165, 1.54) is 29.9 Å². The summed E-state index contributed by atoms with van der Waals surface area (Å²) < 4.78 is 5.49. The summed E-state index contributed by atoms with van der Waals surface area (Å²) in [5, 5.41) is 0. The monoisotopic (exact) mass is 297 g/mol. The molecule has 1 heterocycles. The number of anilines is 1. The number of para-hydroxylation sites is 2. The van der Waals surface area contributed by atoms with Crippen molar-refractivity contribution in [3.05, 3.63) is 59.7 Å². The van der Waals surface area contributed by atoms with E-state index < -0.39 is 0 Å². The van der Waals surface area contributed by atoms with E-state index in [1.807, 2.05) is 12.1 Å². The average molecular weight is 297 g/mol. The second-order valence-corrected chi connectivity index (χ2v) is 6.07. The van der Waals surface area contributed by atoms with Crippen LogP contribution in [0.1, 0.15) is 11.1 Å². The zero-order valence-corrected chi connectivity index (χ0v) is 13.5. The minimum Gasteiger partial charge on any atom is -0.495 e. The Kier molecular flexibility index (Phi) is 4.64. The Morgan fingerprint density at radius 3 is 2.55 bits per heavy atom. The second-order valence-electron chi connectivity index (χ2n) is 6.07. The highest BCUT2D eigenvalue weighted by Gasteiger charge is 2.22. The van der Waals surface area contributed by atoms with E-state index in [1.54, 1.807) is 12.0 Å². The van der Waals surface area contributed by atoms with E-state index in [2.05, 4.69) is 48.2 Å². The first kappa shape index (κ1) is 14.9. The van der Waals surface area contributed by atoms with Crippen molar-refractivity contribution in [1.29, 1.82) is 0 Å². The van der Waals surface area contributed by atoms with Gasteiger partial charge in [-0.3, -0.25) is 0 Å². The normalized spacial score (nSPS) is 15.8. The molecular weight excluding hydrogens is 272 g/mol. The largest absolute Gasteiger partial charge is 0.495 e. The number of nitrogens with zero attached hydrogens (tertiary/aromatic N) is 1. The van der Waals surface area contributed by atoms with Crippen molar-refractivity contribution in [3.8, 4) is 5.75 Å². The molecule has 0 aromatic heterocycles. The Labute approximate surface area is 133 Å². The maximum atomic E-state index is 5.49. The zero-order valence-electron chi connectivity index (χ0n) is 13.5. The molecule has 3 heteroatoms. The smallest absolute Gasteiger partial charge is 0.142 e. The van der Waals surface area contributed by atoms with E-state index in [0.29, 0.717) is 0 Å². The summed E-state index contributed by atoms with van der Waals surface area (Å²) in [6, 6.07) is 17.2. The molecule has 22 heavy (non-hydrogen) atoms. The molecule has 0 radical (unpaired) electrons. The van der Waals surface area contributed by atoms with E-state index >= 15 is 0 Å². The van der Waals surface area contributed by atoms with E-state index in [4.69, 9.17) is 4.74 Å². The minimum absolute atomic E-state index is 0.977. The fourth-order valence-electron chi connectivity index (χ4n) is 3.24. The fraction of sp³-hybridized carbons (Fsp3) is 0.368. The summed E-state index contributed by atoms with van der Waals surface area (Å²) in [5.41, 5.74) is 4.02. The molecule has 0 atom stereocenters. The zero-order chi connectivity index (χ0) is 15.4. The van der Waals surface area contributed by atoms with E-state index in [9.17, 15) is 0 Å². The molecule has 0 bridgehead atoms. The maximum absolute atomic E-state index is 5.49. The van der Waals surface area contributed by atoms with Crippen LogP contribution in [0.5, 0.6) is 5.75 Å². The van der Waals surface area contributed by atoms with Gasteiger partial charge in [-0.25, -0.2) is 0 Å². The summed E-state index contributed by atoms with van der Waals surface area (Å²) in [6.45, 7) is 7.81. The van der Waals surface area contributed by atoms with Crippen LogP contribution >= 0.6 is 0 Å². The van der Waals surface area contributed by atoms with Crippen molar-refractivity contribution in [2.24, 2.45) is 0 Å². The number of methoxy groups -OCH3 is 1. The Balaban J connectivity index is 1.60. The molecule has 0 unspecified atom stereocenters. The lowest BCUT2D eigenvalue weighted by atomic mass is 10.1. The Morgan fingerprint density at radius 2 is 1.82 bits per heavy atom. The van der Waals surface area contributed by atoms with Crippen molar-refractivity contribution in [3.63, 3.8) is 0 Å². The lowest BCUT2D eigenvalue weighted by Crippen LogP contribution is -3.13. The number of quaternary nitrogens is 1. The number of aryl methyl sites for hydroxylation is 1. The molecule has 2 aromatic rings. The molecule has 0 saturated carbocycles. The standard InChI is InChI=1S/C19H24N2O/c1-16-6-5-7-17(14-16)15-20-10-12-21(13-11-20)18-8-3-4-9-19(18)22-2/h3-9,14H,10-13,15H2,1-2H3/p+1.